The number of carbonyl (C=O) groups is 1. The van der Waals surface area contributed by atoms with E-state index in [9.17, 15) is 4.79 Å². The predicted molar refractivity (Wildman–Crippen MR) is 50.5 cm³/mol. The highest BCUT2D eigenvalue weighted by Gasteiger charge is 2.28. The first-order chi connectivity index (χ1) is 5.25. The second-order valence-electron chi connectivity index (χ2n) is 2.82. The molecule has 0 fully saturated rings. The maximum Gasteiger partial charge on any atom is 0.336 e. The largest absolute Gasteiger partial charge is 0.460 e. The van der Waals surface area contributed by atoms with Crippen molar-refractivity contribution in [2.75, 3.05) is 0 Å². The number of ether oxygens (including phenoxy) is 1. The molecule has 0 aromatic rings. The predicted octanol–water partition coefficient (Wildman–Crippen LogP) is 2.69. The van der Waals surface area contributed by atoms with Crippen LogP contribution in [0.4, 0.5) is 0 Å². The fourth-order valence-electron chi connectivity index (χ4n) is 0.464. The van der Waals surface area contributed by atoms with Crippen molar-refractivity contribution in [2.24, 2.45) is 0 Å². The van der Waals surface area contributed by atoms with Crippen molar-refractivity contribution < 1.29 is 9.53 Å². The van der Waals surface area contributed by atoms with Crippen LogP contribution in [0.15, 0.2) is 12.2 Å². The Morgan fingerprint density at radius 3 is 2.17 bits per heavy atom. The first-order valence-electron chi connectivity index (χ1n) is 3.53. The number of hydrogen-bond acceptors (Lipinski definition) is 2. The standard InChI is InChI=1S/C8H12Cl2O2/c1-5(2)12-7(11)6(3)8(4,9)10/h5H,3H2,1-2,4H3. The summed E-state index contributed by atoms with van der Waals surface area (Å²) in [5, 5.41) is 0. The Kier molecular flexibility index (Phi) is 4.08. The summed E-state index contributed by atoms with van der Waals surface area (Å²) >= 11 is 11.3. The molecule has 0 rings (SSSR count). The van der Waals surface area contributed by atoms with Gasteiger partial charge in [-0.3, -0.25) is 0 Å². The Morgan fingerprint density at radius 2 is 1.92 bits per heavy atom. The van der Waals surface area contributed by atoms with Crippen molar-refractivity contribution in [2.45, 2.75) is 31.2 Å². The second-order valence-corrected chi connectivity index (χ2v) is 4.53. The maximum atomic E-state index is 11.1. The fraction of sp³-hybridized carbons (Fsp3) is 0.625. The van der Waals surface area contributed by atoms with Gasteiger partial charge in [-0.05, 0) is 20.8 Å². The minimum atomic E-state index is -1.26. The van der Waals surface area contributed by atoms with Crippen LogP contribution in [0.2, 0.25) is 0 Å². The molecule has 0 heterocycles. The lowest BCUT2D eigenvalue weighted by atomic mass is 10.2. The van der Waals surface area contributed by atoms with Gasteiger partial charge < -0.3 is 4.74 Å². The van der Waals surface area contributed by atoms with E-state index in [0.717, 1.165) is 0 Å². The minimum absolute atomic E-state index is 0.0551. The molecule has 4 heteroatoms. The summed E-state index contributed by atoms with van der Waals surface area (Å²) in [6.07, 6.45) is -0.190. The van der Waals surface area contributed by atoms with E-state index in [2.05, 4.69) is 6.58 Å². The summed E-state index contributed by atoms with van der Waals surface area (Å²) in [5.41, 5.74) is 0.0551. The summed E-state index contributed by atoms with van der Waals surface area (Å²) in [6.45, 7) is 8.39. The molecule has 0 aliphatic carbocycles. The molecule has 0 aliphatic rings. The number of halogens is 2. The van der Waals surface area contributed by atoms with Crippen LogP contribution in [0, 0.1) is 0 Å². The zero-order valence-corrected chi connectivity index (χ0v) is 8.87. The molecule has 0 bridgehead atoms. The summed E-state index contributed by atoms with van der Waals surface area (Å²) in [6, 6.07) is 0. The number of esters is 1. The molecule has 0 amide bonds. The van der Waals surface area contributed by atoms with Crippen molar-refractivity contribution in [3.63, 3.8) is 0 Å². The second kappa shape index (κ2) is 4.15. The molecule has 0 aromatic carbocycles. The van der Waals surface area contributed by atoms with E-state index in [-0.39, 0.29) is 11.7 Å². The van der Waals surface area contributed by atoms with Crippen molar-refractivity contribution >= 4 is 29.2 Å². The minimum Gasteiger partial charge on any atom is -0.460 e. The highest BCUT2D eigenvalue weighted by Crippen LogP contribution is 2.28. The normalized spacial score (nSPS) is 11.5. The van der Waals surface area contributed by atoms with Gasteiger partial charge in [0, 0.05) is 0 Å². The van der Waals surface area contributed by atoms with Crippen molar-refractivity contribution in [3.8, 4) is 0 Å². The maximum absolute atomic E-state index is 11.1. The third kappa shape index (κ3) is 3.98. The van der Waals surface area contributed by atoms with Gasteiger partial charge in [-0.1, -0.05) is 29.8 Å². The lowest BCUT2D eigenvalue weighted by Crippen LogP contribution is -2.22. The molecule has 0 atom stereocenters. The molecule has 0 saturated carbocycles. The fourth-order valence-corrected chi connectivity index (χ4v) is 0.619. The van der Waals surface area contributed by atoms with E-state index < -0.39 is 10.3 Å². The van der Waals surface area contributed by atoms with Gasteiger partial charge in [-0.15, -0.1) is 0 Å². The van der Waals surface area contributed by atoms with E-state index in [1.807, 2.05) is 0 Å². The van der Waals surface area contributed by atoms with Crippen molar-refractivity contribution in [1.82, 2.24) is 0 Å². The third-order valence-electron chi connectivity index (χ3n) is 1.12. The lowest BCUT2D eigenvalue weighted by molar-refractivity contribution is -0.142. The molecule has 0 N–H and O–H groups in total. The van der Waals surface area contributed by atoms with E-state index in [1.54, 1.807) is 13.8 Å². The van der Waals surface area contributed by atoms with Crippen LogP contribution in [-0.4, -0.2) is 16.4 Å². The molecule has 12 heavy (non-hydrogen) atoms. The van der Waals surface area contributed by atoms with Gasteiger partial charge in [0.25, 0.3) is 0 Å². The Morgan fingerprint density at radius 1 is 1.50 bits per heavy atom. The van der Waals surface area contributed by atoms with E-state index >= 15 is 0 Å². The monoisotopic (exact) mass is 210 g/mol. The molecule has 0 spiro atoms. The van der Waals surface area contributed by atoms with Gasteiger partial charge in [0.1, 0.15) is 4.33 Å². The first-order valence-corrected chi connectivity index (χ1v) is 4.29. The summed E-state index contributed by atoms with van der Waals surface area (Å²) < 4.78 is 3.57. The Labute approximate surface area is 82.5 Å². The number of hydrogen-bond donors (Lipinski definition) is 0. The quantitative estimate of drug-likeness (QED) is 0.407. The van der Waals surface area contributed by atoms with Gasteiger partial charge in [0.05, 0.1) is 11.7 Å². The van der Waals surface area contributed by atoms with Crippen molar-refractivity contribution in [1.29, 1.82) is 0 Å². The average Bonchev–Trinajstić information content (AvgIpc) is 1.82. The van der Waals surface area contributed by atoms with Crippen molar-refractivity contribution in [3.05, 3.63) is 12.2 Å². The van der Waals surface area contributed by atoms with Crippen LogP contribution in [-0.2, 0) is 9.53 Å². The highest BCUT2D eigenvalue weighted by atomic mass is 35.5. The molecule has 0 radical (unpaired) electrons. The highest BCUT2D eigenvalue weighted by molar-refractivity contribution is 6.51. The molecular weight excluding hydrogens is 199 g/mol. The van der Waals surface area contributed by atoms with Gasteiger partial charge in [0.2, 0.25) is 0 Å². The molecule has 2 nitrogen and oxygen atoms in total. The van der Waals surface area contributed by atoms with E-state index in [1.165, 1.54) is 6.92 Å². The van der Waals surface area contributed by atoms with Gasteiger partial charge >= 0.3 is 5.97 Å². The summed E-state index contributed by atoms with van der Waals surface area (Å²) in [5.74, 6) is -0.558. The van der Waals surface area contributed by atoms with Crippen LogP contribution in [0.1, 0.15) is 20.8 Å². The number of alkyl halides is 2. The smallest absolute Gasteiger partial charge is 0.336 e. The Balaban J connectivity index is 4.22. The van der Waals surface area contributed by atoms with Gasteiger partial charge in [-0.25, -0.2) is 4.79 Å². The summed E-state index contributed by atoms with van der Waals surface area (Å²) in [7, 11) is 0. The van der Waals surface area contributed by atoms with Crippen LogP contribution >= 0.6 is 23.2 Å². The van der Waals surface area contributed by atoms with Gasteiger partial charge in [0.15, 0.2) is 0 Å². The van der Waals surface area contributed by atoms with Crippen LogP contribution in [0.5, 0.6) is 0 Å². The zero-order chi connectivity index (χ0) is 9.94. The molecule has 70 valence electrons. The van der Waals surface area contributed by atoms with E-state index in [4.69, 9.17) is 27.9 Å². The lowest BCUT2D eigenvalue weighted by Gasteiger charge is -2.16. The molecule has 0 saturated heterocycles. The van der Waals surface area contributed by atoms with Gasteiger partial charge in [-0.2, -0.15) is 0 Å². The first kappa shape index (κ1) is 11.8. The van der Waals surface area contributed by atoms with E-state index in [0.29, 0.717) is 0 Å². The zero-order valence-electron chi connectivity index (χ0n) is 7.36. The van der Waals surface area contributed by atoms with Crippen LogP contribution in [0.3, 0.4) is 0 Å². The molecule has 0 aromatic heterocycles. The van der Waals surface area contributed by atoms with Crippen LogP contribution < -0.4 is 0 Å². The number of rotatable bonds is 3. The third-order valence-corrected chi connectivity index (χ3v) is 1.58. The molecule has 0 unspecified atom stereocenters. The van der Waals surface area contributed by atoms with Crippen LogP contribution in [0.25, 0.3) is 0 Å². The molecule has 0 aliphatic heterocycles. The Bertz CT molecular complexity index is 192. The Hall–Kier alpha value is -0.210. The summed E-state index contributed by atoms with van der Waals surface area (Å²) in [4.78, 5) is 11.1. The number of carbonyl (C=O) groups excluding carboxylic acids is 1. The molecular formula is C8H12Cl2O2. The SMILES string of the molecule is C=C(C(=O)OC(C)C)C(C)(Cl)Cl. The topological polar surface area (TPSA) is 26.3 Å². The average molecular weight is 211 g/mol.